The minimum absolute atomic E-state index is 0.0158. The van der Waals surface area contributed by atoms with E-state index in [0.717, 1.165) is 19.4 Å². The number of likely N-dealkylation sites (tertiary alicyclic amines) is 1. The first-order valence-corrected chi connectivity index (χ1v) is 7.56. The second-order valence-corrected chi connectivity index (χ2v) is 8.08. The number of esters is 1. The third kappa shape index (κ3) is 4.34. The summed E-state index contributed by atoms with van der Waals surface area (Å²) in [5.74, 6) is -0.258. The van der Waals surface area contributed by atoms with E-state index in [0.29, 0.717) is 11.6 Å². The Kier molecular flexibility index (Phi) is 5.07. The van der Waals surface area contributed by atoms with Gasteiger partial charge >= 0.3 is 5.97 Å². The van der Waals surface area contributed by atoms with Crippen LogP contribution in [-0.2, 0) is 9.53 Å². The summed E-state index contributed by atoms with van der Waals surface area (Å²) < 4.78 is 5.57. The Labute approximate surface area is 124 Å². The number of carbonyl (C=O) groups excluding carboxylic acids is 1. The lowest BCUT2D eigenvalue weighted by molar-refractivity contribution is -0.150. The quantitative estimate of drug-likeness (QED) is 0.570. The maximum Gasteiger partial charge on any atom is 0.333 e. The van der Waals surface area contributed by atoms with Crippen LogP contribution in [0, 0.1) is 5.41 Å². The van der Waals surface area contributed by atoms with Gasteiger partial charge in [0.05, 0.1) is 0 Å². The van der Waals surface area contributed by atoms with Gasteiger partial charge in [0.15, 0.2) is 0 Å². The van der Waals surface area contributed by atoms with Crippen molar-refractivity contribution in [2.75, 3.05) is 6.54 Å². The van der Waals surface area contributed by atoms with E-state index in [2.05, 4.69) is 53.0 Å². The first kappa shape index (κ1) is 17.2. The number of nitrogens with zero attached hydrogens (tertiary/aromatic N) is 1. The molecule has 116 valence electrons. The van der Waals surface area contributed by atoms with Crippen LogP contribution < -0.4 is 0 Å². The van der Waals surface area contributed by atoms with Crippen LogP contribution in [-0.4, -0.2) is 35.1 Å². The Morgan fingerprint density at radius 1 is 1.20 bits per heavy atom. The highest BCUT2D eigenvalue weighted by molar-refractivity contribution is 5.87. The summed E-state index contributed by atoms with van der Waals surface area (Å²) in [5, 5.41) is 0. The molecule has 0 bridgehead atoms. The van der Waals surface area contributed by atoms with E-state index in [1.54, 1.807) is 6.92 Å². The molecule has 1 aliphatic heterocycles. The fourth-order valence-corrected chi connectivity index (χ4v) is 2.92. The number of carbonyl (C=O) groups is 1. The van der Waals surface area contributed by atoms with E-state index in [9.17, 15) is 4.79 Å². The molecule has 0 N–H and O–H groups in total. The van der Waals surface area contributed by atoms with Gasteiger partial charge in [0.1, 0.15) is 6.10 Å². The molecule has 2 atom stereocenters. The highest BCUT2D eigenvalue weighted by atomic mass is 16.5. The van der Waals surface area contributed by atoms with Crippen LogP contribution in [0.15, 0.2) is 12.2 Å². The zero-order chi connectivity index (χ0) is 15.7. The van der Waals surface area contributed by atoms with Crippen LogP contribution >= 0.6 is 0 Å². The predicted molar refractivity (Wildman–Crippen MR) is 83.6 cm³/mol. The maximum atomic E-state index is 11.7. The van der Waals surface area contributed by atoms with Crippen molar-refractivity contribution < 1.29 is 9.53 Å². The van der Waals surface area contributed by atoms with Crippen molar-refractivity contribution in [1.29, 1.82) is 0 Å². The Bertz CT molecular complexity index is 373. The SMILES string of the molecule is C=C(C)C(=O)OC1CCN(C(C)(C)C)C(C(C)(C)C)C1. The lowest BCUT2D eigenvalue weighted by Gasteiger charge is -2.51. The molecule has 1 heterocycles. The normalized spacial score (nSPS) is 25.4. The van der Waals surface area contributed by atoms with Gasteiger partial charge in [-0.05, 0) is 39.5 Å². The molecule has 0 aromatic carbocycles. The van der Waals surface area contributed by atoms with Crippen LogP contribution in [0.3, 0.4) is 0 Å². The standard InChI is InChI=1S/C17H31NO2/c1-12(2)15(19)20-13-9-10-18(17(6,7)8)14(11-13)16(3,4)5/h13-14H,1,9-11H2,2-8H3. The fraction of sp³-hybridized carbons (Fsp3) is 0.824. The summed E-state index contributed by atoms with van der Waals surface area (Å²) in [5.41, 5.74) is 0.790. The summed E-state index contributed by atoms with van der Waals surface area (Å²) >= 11 is 0. The summed E-state index contributed by atoms with van der Waals surface area (Å²) in [7, 11) is 0. The van der Waals surface area contributed by atoms with E-state index in [1.165, 1.54) is 0 Å². The second-order valence-electron chi connectivity index (χ2n) is 8.08. The third-order valence-electron chi connectivity index (χ3n) is 4.04. The number of piperidine rings is 1. The first-order valence-electron chi connectivity index (χ1n) is 7.56. The minimum Gasteiger partial charge on any atom is -0.459 e. The molecule has 2 unspecified atom stereocenters. The topological polar surface area (TPSA) is 29.5 Å². The number of ether oxygens (including phenoxy) is 1. The molecule has 1 saturated heterocycles. The monoisotopic (exact) mass is 281 g/mol. The summed E-state index contributed by atoms with van der Waals surface area (Å²) in [6.07, 6.45) is 1.82. The fourth-order valence-electron chi connectivity index (χ4n) is 2.92. The summed E-state index contributed by atoms with van der Waals surface area (Å²) in [4.78, 5) is 14.3. The van der Waals surface area contributed by atoms with E-state index < -0.39 is 0 Å². The molecule has 1 rings (SSSR count). The molecule has 3 heteroatoms. The summed E-state index contributed by atoms with van der Waals surface area (Å²) in [6.45, 7) is 19.9. The molecule has 1 aliphatic rings. The van der Waals surface area contributed by atoms with Crippen LogP contribution in [0.1, 0.15) is 61.3 Å². The number of hydrogen-bond donors (Lipinski definition) is 0. The molecule has 0 aromatic rings. The van der Waals surface area contributed by atoms with E-state index >= 15 is 0 Å². The van der Waals surface area contributed by atoms with E-state index in [-0.39, 0.29) is 23.0 Å². The molecule has 0 radical (unpaired) electrons. The second kappa shape index (κ2) is 5.88. The Morgan fingerprint density at radius 2 is 1.75 bits per heavy atom. The first-order chi connectivity index (χ1) is 8.93. The molecular formula is C17H31NO2. The minimum atomic E-state index is -0.258. The van der Waals surface area contributed by atoms with Gasteiger partial charge in [0, 0.05) is 30.1 Å². The molecule has 0 saturated carbocycles. The van der Waals surface area contributed by atoms with Crippen molar-refractivity contribution in [3.8, 4) is 0 Å². The smallest absolute Gasteiger partial charge is 0.333 e. The van der Waals surface area contributed by atoms with Crippen LogP contribution in [0.25, 0.3) is 0 Å². The lowest BCUT2D eigenvalue weighted by atomic mass is 9.77. The Morgan fingerprint density at radius 3 is 2.15 bits per heavy atom. The molecule has 0 amide bonds. The van der Waals surface area contributed by atoms with Crippen LogP contribution in [0.2, 0.25) is 0 Å². The summed E-state index contributed by atoms with van der Waals surface area (Å²) in [6, 6.07) is 0.416. The van der Waals surface area contributed by atoms with E-state index in [4.69, 9.17) is 4.74 Å². The average Bonchev–Trinajstić information content (AvgIpc) is 2.26. The average molecular weight is 281 g/mol. The van der Waals surface area contributed by atoms with Gasteiger partial charge in [-0.2, -0.15) is 0 Å². The molecule has 0 aliphatic carbocycles. The molecule has 1 fully saturated rings. The highest BCUT2D eigenvalue weighted by Crippen LogP contribution is 2.37. The molecule has 0 aromatic heterocycles. The van der Waals surface area contributed by atoms with Gasteiger partial charge in [-0.15, -0.1) is 0 Å². The number of hydrogen-bond acceptors (Lipinski definition) is 3. The molecule has 20 heavy (non-hydrogen) atoms. The van der Waals surface area contributed by atoms with Crippen molar-refractivity contribution in [2.45, 2.75) is 79.0 Å². The Balaban J connectivity index is 2.83. The largest absolute Gasteiger partial charge is 0.459 e. The molecular weight excluding hydrogens is 250 g/mol. The van der Waals surface area contributed by atoms with Crippen molar-refractivity contribution >= 4 is 5.97 Å². The maximum absolute atomic E-state index is 11.7. The predicted octanol–water partition coefficient (Wildman–Crippen LogP) is 3.78. The van der Waals surface area contributed by atoms with Gasteiger partial charge < -0.3 is 4.74 Å². The van der Waals surface area contributed by atoms with Gasteiger partial charge in [0.2, 0.25) is 0 Å². The zero-order valence-electron chi connectivity index (χ0n) is 14.2. The van der Waals surface area contributed by atoms with Crippen molar-refractivity contribution in [3.63, 3.8) is 0 Å². The van der Waals surface area contributed by atoms with Gasteiger partial charge in [-0.25, -0.2) is 4.79 Å². The van der Waals surface area contributed by atoms with Crippen molar-refractivity contribution in [3.05, 3.63) is 12.2 Å². The number of rotatable bonds is 2. The Hall–Kier alpha value is -0.830. The van der Waals surface area contributed by atoms with Gasteiger partial charge in [-0.3, -0.25) is 4.90 Å². The zero-order valence-corrected chi connectivity index (χ0v) is 14.2. The van der Waals surface area contributed by atoms with Gasteiger partial charge in [-0.1, -0.05) is 27.4 Å². The van der Waals surface area contributed by atoms with Crippen LogP contribution in [0.4, 0.5) is 0 Å². The van der Waals surface area contributed by atoms with Gasteiger partial charge in [0.25, 0.3) is 0 Å². The lowest BCUT2D eigenvalue weighted by Crippen LogP contribution is -2.58. The highest BCUT2D eigenvalue weighted by Gasteiger charge is 2.41. The van der Waals surface area contributed by atoms with Crippen molar-refractivity contribution in [2.24, 2.45) is 5.41 Å². The third-order valence-corrected chi connectivity index (χ3v) is 4.04. The molecule has 0 spiro atoms. The molecule has 3 nitrogen and oxygen atoms in total. The van der Waals surface area contributed by atoms with Crippen LogP contribution in [0.5, 0.6) is 0 Å². The van der Waals surface area contributed by atoms with E-state index in [1.807, 2.05) is 0 Å². The van der Waals surface area contributed by atoms with Crippen molar-refractivity contribution in [1.82, 2.24) is 4.90 Å².